The molecule has 22 heavy (non-hydrogen) atoms. The van der Waals surface area contributed by atoms with Crippen molar-refractivity contribution in [3.8, 4) is 0 Å². The molecule has 8 heteroatoms. The molecule has 1 atom stereocenters. The van der Waals surface area contributed by atoms with E-state index in [-0.39, 0.29) is 17.3 Å². The highest BCUT2D eigenvalue weighted by Gasteiger charge is 2.08. The van der Waals surface area contributed by atoms with Gasteiger partial charge in [0, 0.05) is 38.8 Å². The summed E-state index contributed by atoms with van der Waals surface area (Å²) in [6.07, 6.45) is 5.24. The first-order valence-electron chi connectivity index (χ1n) is 6.87. The molecule has 0 saturated heterocycles. The largest absolute Gasteiger partial charge is 0.335 e. The fraction of sp³-hybridized carbons (Fsp3) is 0.429. The lowest BCUT2D eigenvalue weighted by Gasteiger charge is -2.04. The van der Waals surface area contributed by atoms with Gasteiger partial charge in [-0.05, 0) is 20.0 Å². The van der Waals surface area contributed by atoms with E-state index in [4.69, 9.17) is 4.52 Å². The van der Waals surface area contributed by atoms with Crippen LogP contribution in [-0.4, -0.2) is 32.4 Å². The molecule has 0 bridgehead atoms. The average molecular weight is 305 g/mol. The van der Waals surface area contributed by atoms with E-state index in [1.165, 1.54) is 17.8 Å². The maximum absolute atomic E-state index is 12.0. The molecule has 0 aliphatic carbocycles. The molecule has 1 N–H and O–H groups in total. The van der Waals surface area contributed by atoms with E-state index >= 15 is 0 Å². The number of aryl methyl sites for hydroxylation is 1. The molecule has 0 spiro atoms. The molecule has 0 fully saturated rings. The average Bonchev–Trinajstić information content (AvgIpc) is 2.94. The molecule has 0 aromatic carbocycles. The Balaban J connectivity index is 2.23. The first-order valence-corrected chi connectivity index (χ1v) is 6.87. The zero-order valence-electron chi connectivity index (χ0n) is 13.0. The third kappa shape index (κ3) is 3.40. The Morgan fingerprint density at radius 1 is 1.36 bits per heavy atom. The van der Waals surface area contributed by atoms with Crippen LogP contribution in [0, 0.1) is 0 Å². The minimum absolute atomic E-state index is 0.241. The van der Waals surface area contributed by atoms with Crippen LogP contribution in [0.25, 0.3) is 12.2 Å². The van der Waals surface area contributed by atoms with Gasteiger partial charge in [-0.3, -0.25) is 9.36 Å². The van der Waals surface area contributed by atoms with E-state index in [1.807, 2.05) is 14.0 Å². The van der Waals surface area contributed by atoms with Crippen molar-refractivity contribution in [2.45, 2.75) is 19.4 Å². The van der Waals surface area contributed by atoms with Gasteiger partial charge in [0.05, 0.1) is 5.56 Å². The second kappa shape index (κ2) is 6.52. The van der Waals surface area contributed by atoms with E-state index in [0.717, 1.165) is 4.57 Å². The summed E-state index contributed by atoms with van der Waals surface area (Å²) in [5, 5.41) is 6.96. The smallest absolute Gasteiger partial charge is 0.330 e. The van der Waals surface area contributed by atoms with Crippen LogP contribution in [0.2, 0.25) is 0 Å². The topological polar surface area (TPSA) is 95.0 Å². The standard InChI is InChI=1S/C14H19N5O3/c1-9(15-2)7-11-16-12(22-17-11)6-5-10-8-18(3)14(21)19(4)13(10)20/h5-6,8-9,15H,7H2,1-4H3/b6-5+. The molecular weight excluding hydrogens is 286 g/mol. The Morgan fingerprint density at radius 3 is 2.77 bits per heavy atom. The van der Waals surface area contributed by atoms with Crippen LogP contribution in [-0.2, 0) is 20.5 Å². The number of nitrogens with one attached hydrogen (secondary N) is 1. The van der Waals surface area contributed by atoms with Crippen LogP contribution in [0.5, 0.6) is 0 Å². The second-order valence-corrected chi connectivity index (χ2v) is 5.12. The van der Waals surface area contributed by atoms with Gasteiger partial charge in [0.25, 0.3) is 11.4 Å². The third-order valence-electron chi connectivity index (χ3n) is 3.34. The quantitative estimate of drug-likeness (QED) is 0.821. The maximum atomic E-state index is 12.0. The Bertz CT molecular complexity index is 800. The molecule has 0 amide bonds. The van der Waals surface area contributed by atoms with E-state index in [9.17, 15) is 9.59 Å². The summed E-state index contributed by atoms with van der Waals surface area (Å²) in [5.41, 5.74) is -0.376. The summed E-state index contributed by atoms with van der Waals surface area (Å²) in [4.78, 5) is 27.8. The van der Waals surface area contributed by atoms with Gasteiger partial charge in [0.1, 0.15) is 0 Å². The van der Waals surface area contributed by atoms with Gasteiger partial charge < -0.3 is 14.4 Å². The summed E-state index contributed by atoms with van der Waals surface area (Å²) in [6, 6.07) is 0.241. The fourth-order valence-electron chi connectivity index (χ4n) is 1.91. The zero-order valence-corrected chi connectivity index (χ0v) is 13.0. The Hall–Kier alpha value is -2.48. The summed E-state index contributed by atoms with van der Waals surface area (Å²) in [6.45, 7) is 2.01. The summed E-state index contributed by atoms with van der Waals surface area (Å²) in [7, 11) is 4.88. The lowest BCUT2D eigenvalue weighted by molar-refractivity contribution is 0.400. The van der Waals surface area contributed by atoms with Crippen molar-refractivity contribution in [2.75, 3.05) is 7.05 Å². The van der Waals surface area contributed by atoms with Crippen LogP contribution in [0.15, 0.2) is 20.3 Å². The van der Waals surface area contributed by atoms with Crippen molar-refractivity contribution in [1.82, 2.24) is 24.6 Å². The minimum atomic E-state index is -0.372. The number of hydrogen-bond acceptors (Lipinski definition) is 6. The first-order chi connectivity index (χ1) is 10.4. The van der Waals surface area contributed by atoms with Crippen molar-refractivity contribution in [1.29, 1.82) is 0 Å². The molecule has 2 rings (SSSR count). The molecule has 2 aromatic rings. The Morgan fingerprint density at radius 2 is 2.09 bits per heavy atom. The van der Waals surface area contributed by atoms with Gasteiger partial charge >= 0.3 is 5.69 Å². The van der Waals surface area contributed by atoms with Crippen molar-refractivity contribution < 1.29 is 4.52 Å². The minimum Gasteiger partial charge on any atom is -0.335 e. The van der Waals surface area contributed by atoms with Crippen LogP contribution >= 0.6 is 0 Å². The van der Waals surface area contributed by atoms with E-state index in [2.05, 4.69) is 15.5 Å². The number of hydrogen-bond donors (Lipinski definition) is 1. The van der Waals surface area contributed by atoms with E-state index in [0.29, 0.717) is 23.7 Å². The van der Waals surface area contributed by atoms with Gasteiger partial charge in [0.15, 0.2) is 5.82 Å². The molecule has 0 aliphatic heterocycles. The molecule has 1 unspecified atom stereocenters. The second-order valence-electron chi connectivity index (χ2n) is 5.12. The number of aromatic nitrogens is 4. The molecule has 0 radical (unpaired) electrons. The van der Waals surface area contributed by atoms with Crippen molar-refractivity contribution in [2.24, 2.45) is 14.1 Å². The molecule has 2 heterocycles. The predicted octanol–water partition coefficient (Wildman–Crippen LogP) is -0.212. The zero-order chi connectivity index (χ0) is 16.3. The Labute approximate surface area is 127 Å². The highest BCUT2D eigenvalue weighted by molar-refractivity contribution is 5.64. The highest BCUT2D eigenvalue weighted by atomic mass is 16.5. The molecule has 118 valence electrons. The van der Waals surface area contributed by atoms with Crippen LogP contribution in [0.4, 0.5) is 0 Å². The SMILES string of the molecule is CNC(C)Cc1noc(/C=C/c2cn(C)c(=O)n(C)c2=O)n1. The molecule has 0 aliphatic rings. The molecule has 0 saturated carbocycles. The van der Waals surface area contributed by atoms with Crippen LogP contribution in [0.1, 0.15) is 24.2 Å². The summed E-state index contributed by atoms with van der Waals surface area (Å²) in [5.74, 6) is 0.907. The molecular formula is C14H19N5O3. The van der Waals surface area contributed by atoms with Gasteiger partial charge in [-0.15, -0.1) is 0 Å². The summed E-state index contributed by atoms with van der Waals surface area (Å²) < 4.78 is 7.49. The van der Waals surface area contributed by atoms with Crippen LogP contribution < -0.4 is 16.6 Å². The maximum Gasteiger partial charge on any atom is 0.330 e. The lowest BCUT2D eigenvalue weighted by Crippen LogP contribution is -2.37. The predicted molar refractivity (Wildman–Crippen MR) is 82.4 cm³/mol. The normalized spacial score (nSPS) is 12.9. The monoisotopic (exact) mass is 305 g/mol. The number of rotatable bonds is 5. The highest BCUT2D eigenvalue weighted by Crippen LogP contribution is 2.04. The lowest BCUT2D eigenvalue weighted by atomic mass is 10.2. The molecule has 2 aromatic heterocycles. The van der Waals surface area contributed by atoms with Gasteiger partial charge in [-0.1, -0.05) is 5.16 Å². The number of likely N-dealkylation sites (N-methyl/N-ethyl adjacent to an activating group) is 1. The van der Waals surface area contributed by atoms with Crippen LogP contribution in [0.3, 0.4) is 0 Å². The number of nitrogens with zero attached hydrogens (tertiary/aromatic N) is 4. The molecule has 8 nitrogen and oxygen atoms in total. The Kier molecular flexibility index (Phi) is 4.71. The fourth-order valence-corrected chi connectivity index (χ4v) is 1.91. The summed E-state index contributed by atoms with van der Waals surface area (Å²) >= 11 is 0. The van der Waals surface area contributed by atoms with Crippen molar-refractivity contribution in [3.63, 3.8) is 0 Å². The van der Waals surface area contributed by atoms with Crippen molar-refractivity contribution in [3.05, 3.63) is 44.3 Å². The first kappa shape index (κ1) is 15.9. The van der Waals surface area contributed by atoms with Gasteiger partial charge in [-0.2, -0.15) is 4.98 Å². The van der Waals surface area contributed by atoms with Gasteiger partial charge in [-0.25, -0.2) is 4.79 Å². The van der Waals surface area contributed by atoms with E-state index < -0.39 is 0 Å². The third-order valence-corrected chi connectivity index (χ3v) is 3.34. The van der Waals surface area contributed by atoms with Crippen molar-refractivity contribution >= 4 is 12.2 Å². The van der Waals surface area contributed by atoms with E-state index in [1.54, 1.807) is 19.2 Å². The van der Waals surface area contributed by atoms with Gasteiger partial charge in [0.2, 0.25) is 0 Å².